The molecule has 0 aromatic heterocycles. The predicted molar refractivity (Wildman–Crippen MR) is 54.6 cm³/mol. The van der Waals surface area contributed by atoms with Gasteiger partial charge in [-0.3, -0.25) is 0 Å². The highest BCUT2D eigenvalue weighted by Crippen LogP contribution is 1.96. The van der Waals surface area contributed by atoms with Gasteiger partial charge < -0.3 is 11.1 Å². The smallest absolute Gasteiger partial charge is 0.257 e. The molecule has 0 bridgehead atoms. The molecule has 0 aromatic carbocycles. The molecule has 0 unspecified atom stereocenters. The van der Waals surface area contributed by atoms with Crippen LogP contribution in [-0.4, -0.2) is 25.5 Å². The van der Waals surface area contributed by atoms with Crippen molar-refractivity contribution in [1.29, 1.82) is 0 Å². The molecule has 0 saturated heterocycles. The van der Waals surface area contributed by atoms with Gasteiger partial charge in [0.25, 0.3) is 6.43 Å². The van der Waals surface area contributed by atoms with Gasteiger partial charge in [-0.05, 0) is 6.42 Å². The number of unbranched alkanes of at least 4 members (excludes halogenated alkanes) is 3. The molecular weight excluding hydrogens is 188 g/mol. The van der Waals surface area contributed by atoms with Gasteiger partial charge >= 0.3 is 0 Å². The highest BCUT2D eigenvalue weighted by Gasteiger charge is 1.99. The number of halogens is 2. The van der Waals surface area contributed by atoms with Crippen molar-refractivity contribution >= 4 is 5.96 Å². The van der Waals surface area contributed by atoms with E-state index in [4.69, 9.17) is 5.73 Å². The van der Waals surface area contributed by atoms with E-state index < -0.39 is 13.0 Å². The predicted octanol–water partition coefficient (Wildman–Crippen LogP) is 1.74. The summed E-state index contributed by atoms with van der Waals surface area (Å²) in [5.41, 5.74) is 5.34. The highest BCUT2D eigenvalue weighted by atomic mass is 19.3. The molecule has 0 aliphatic heterocycles. The van der Waals surface area contributed by atoms with Crippen LogP contribution in [0.25, 0.3) is 0 Å². The number of nitrogens with one attached hydrogen (secondary N) is 1. The average Bonchev–Trinajstić information content (AvgIpc) is 2.14. The first-order chi connectivity index (χ1) is 6.66. The molecule has 84 valence electrons. The van der Waals surface area contributed by atoms with Gasteiger partial charge in [0.05, 0.1) is 0 Å². The second-order valence-electron chi connectivity index (χ2n) is 3.10. The third kappa shape index (κ3) is 9.22. The van der Waals surface area contributed by atoms with Gasteiger partial charge in [-0.25, -0.2) is 13.8 Å². The van der Waals surface area contributed by atoms with Gasteiger partial charge in [0.1, 0.15) is 6.54 Å². The third-order valence-corrected chi connectivity index (χ3v) is 1.74. The van der Waals surface area contributed by atoms with Gasteiger partial charge in [0.2, 0.25) is 0 Å². The summed E-state index contributed by atoms with van der Waals surface area (Å²) in [5.74, 6) is 0.113. The van der Waals surface area contributed by atoms with E-state index in [0.29, 0.717) is 6.54 Å². The van der Waals surface area contributed by atoms with Crippen molar-refractivity contribution in [3.05, 3.63) is 0 Å². The van der Waals surface area contributed by atoms with Gasteiger partial charge in [0, 0.05) is 6.54 Å². The molecule has 3 nitrogen and oxygen atoms in total. The summed E-state index contributed by atoms with van der Waals surface area (Å²) in [5, 5.41) is 2.79. The zero-order valence-corrected chi connectivity index (χ0v) is 8.60. The van der Waals surface area contributed by atoms with Crippen LogP contribution in [0.3, 0.4) is 0 Å². The molecule has 0 aromatic rings. The number of aliphatic imine (C=N–C) groups is 1. The molecule has 0 fully saturated rings. The summed E-state index contributed by atoms with van der Waals surface area (Å²) >= 11 is 0. The largest absolute Gasteiger partial charge is 0.370 e. The number of guanidine groups is 1. The Kier molecular flexibility index (Phi) is 8.17. The highest BCUT2D eigenvalue weighted by molar-refractivity contribution is 5.77. The molecule has 3 N–H and O–H groups in total. The second kappa shape index (κ2) is 8.72. The van der Waals surface area contributed by atoms with Gasteiger partial charge in [-0.15, -0.1) is 0 Å². The second-order valence-corrected chi connectivity index (χ2v) is 3.10. The Balaban J connectivity index is 3.34. The summed E-state index contributed by atoms with van der Waals surface area (Å²) in [6.07, 6.45) is 2.07. The van der Waals surface area contributed by atoms with Gasteiger partial charge in [-0.2, -0.15) is 0 Å². The van der Waals surface area contributed by atoms with Crippen molar-refractivity contribution in [3.8, 4) is 0 Å². The maximum absolute atomic E-state index is 11.7. The maximum atomic E-state index is 11.7. The lowest BCUT2D eigenvalue weighted by molar-refractivity contribution is 0.158. The van der Waals surface area contributed by atoms with Crippen LogP contribution < -0.4 is 11.1 Å². The lowest BCUT2D eigenvalue weighted by Gasteiger charge is -2.04. The third-order valence-electron chi connectivity index (χ3n) is 1.74. The number of rotatable bonds is 7. The topological polar surface area (TPSA) is 50.4 Å². The maximum Gasteiger partial charge on any atom is 0.257 e. The Morgan fingerprint density at radius 1 is 1.36 bits per heavy atom. The molecule has 0 amide bonds. The fourth-order valence-electron chi connectivity index (χ4n) is 0.991. The van der Waals surface area contributed by atoms with E-state index in [1.54, 1.807) is 0 Å². The first kappa shape index (κ1) is 13.1. The van der Waals surface area contributed by atoms with E-state index in [1.807, 2.05) is 0 Å². The molecule has 0 atom stereocenters. The number of alkyl halides is 2. The van der Waals surface area contributed by atoms with Crippen molar-refractivity contribution in [2.45, 2.75) is 39.0 Å². The van der Waals surface area contributed by atoms with E-state index in [1.165, 1.54) is 12.8 Å². The van der Waals surface area contributed by atoms with E-state index in [9.17, 15) is 8.78 Å². The van der Waals surface area contributed by atoms with Crippen LogP contribution in [0.15, 0.2) is 4.99 Å². The molecule has 0 radical (unpaired) electrons. The zero-order valence-electron chi connectivity index (χ0n) is 8.60. The van der Waals surface area contributed by atoms with Gasteiger partial charge in [-0.1, -0.05) is 26.2 Å². The van der Waals surface area contributed by atoms with Crippen molar-refractivity contribution in [2.24, 2.45) is 10.7 Å². The zero-order chi connectivity index (χ0) is 10.8. The molecule has 5 heteroatoms. The standard InChI is InChI=1S/C9H19F2N3/c1-2-3-4-5-6-13-9(12)14-7-8(10)11/h8H,2-7H2,1H3,(H3,12,13,14). The fraction of sp³-hybridized carbons (Fsp3) is 0.889. The summed E-state index contributed by atoms with van der Waals surface area (Å²) in [7, 11) is 0. The Bertz CT molecular complexity index is 160. The van der Waals surface area contributed by atoms with Crippen molar-refractivity contribution in [1.82, 2.24) is 5.32 Å². The average molecular weight is 207 g/mol. The molecule has 14 heavy (non-hydrogen) atoms. The summed E-state index contributed by atoms with van der Waals surface area (Å²) in [6, 6.07) is 0. The fourth-order valence-corrected chi connectivity index (χ4v) is 0.991. The number of nitrogens with two attached hydrogens (primary N) is 1. The van der Waals surface area contributed by atoms with Crippen molar-refractivity contribution in [3.63, 3.8) is 0 Å². The molecule has 0 rings (SSSR count). The van der Waals surface area contributed by atoms with Crippen molar-refractivity contribution < 1.29 is 8.78 Å². The molecule has 0 aliphatic rings. The van der Waals surface area contributed by atoms with E-state index in [0.717, 1.165) is 12.8 Å². The Morgan fingerprint density at radius 3 is 2.64 bits per heavy atom. The van der Waals surface area contributed by atoms with E-state index in [2.05, 4.69) is 17.2 Å². The number of hydrogen-bond acceptors (Lipinski definition) is 1. The minimum absolute atomic E-state index is 0.113. The van der Waals surface area contributed by atoms with Crippen LogP contribution >= 0.6 is 0 Å². The first-order valence-electron chi connectivity index (χ1n) is 4.98. The molecule has 0 saturated carbocycles. The first-order valence-corrected chi connectivity index (χ1v) is 4.98. The minimum Gasteiger partial charge on any atom is -0.370 e. The monoisotopic (exact) mass is 207 g/mol. The van der Waals surface area contributed by atoms with Crippen LogP contribution in [-0.2, 0) is 0 Å². The van der Waals surface area contributed by atoms with Crippen LogP contribution in [0, 0.1) is 0 Å². The summed E-state index contributed by atoms with van der Waals surface area (Å²) in [6.45, 7) is 2.32. The SMILES string of the molecule is CCCCCCNC(N)=NCC(F)F. The quantitative estimate of drug-likeness (QED) is 0.379. The summed E-state index contributed by atoms with van der Waals surface area (Å²) < 4.78 is 23.4. The number of hydrogen-bond donors (Lipinski definition) is 2. The lowest BCUT2D eigenvalue weighted by atomic mass is 10.2. The van der Waals surface area contributed by atoms with Crippen LogP contribution in [0.1, 0.15) is 32.6 Å². The Hall–Kier alpha value is -0.870. The van der Waals surface area contributed by atoms with E-state index in [-0.39, 0.29) is 5.96 Å². The van der Waals surface area contributed by atoms with Gasteiger partial charge in [0.15, 0.2) is 5.96 Å². The number of nitrogens with zero attached hydrogens (tertiary/aromatic N) is 1. The molecule has 0 heterocycles. The lowest BCUT2D eigenvalue weighted by Crippen LogP contribution is -2.32. The normalized spacial score (nSPS) is 12.1. The Morgan fingerprint density at radius 2 is 2.07 bits per heavy atom. The van der Waals surface area contributed by atoms with Crippen LogP contribution in [0.5, 0.6) is 0 Å². The van der Waals surface area contributed by atoms with Crippen LogP contribution in [0.4, 0.5) is 8.78 Å². The van der Waals surface area contributed by atoms with Crippen molar-refractivity contribution in [2.75, 3.05) is 13.1 Å². The molecule has 0 spiro atoms. The molecular formula is C9H19F2N3. The Labute approximate surface area is 83.8 Å². The van der Waals surface area contributed by atoms with E-state index >= 15 is 0 Å². The molecule has 0 aliphatic carbocycles. The summed E-state index contributed by atoms with van der Waals surface area (Å²) in [4.78, 5) is 3.47. The minimum atomic E-state index is -2.42. The van der Waals surface area contributed by atoms with Crippen LogP contribution in [0.2, 0.25) is 0 Å².